The van der Waals surface area contributed by atoms with Gasteiger partial charge in [-0.3, -0.25) is 14.4 Å². The first-order valence-corrected chi connectivity index (χ1v) is 39.3. The van der Waals surface area contributed by atoms with Gasteiger partial charge in [0.25, 0.3) is 5.79 Å². The van der Waals surface area contributed by atoms with Crippen molar-refractivity contribution in [2.24, 2.45) is 0 Å². The molecule has 5 heterocycles. The maximum absolute atomic E-state index is 13.8. The van der Waals surface area contributed by atoms with Crippen molar-refractivity contribution in [3.63, 3.8) is 0 Å². The summed E-state index contributed by atoms with van der Waals surface area (Å²) in [6.07, 6.45) is -17.7. The number of unbranched alkanes of at least 4 members (excludes halogenated alkanes) is 25. The molecule has 28 atom stereocenters. The maximum Gasteiger partial charge on any atom is 0.364 e. The summed E-state index contributed by atoms with van der Waals surface area (Å²) in [4.78, 5) is 53.1. The van der Waals surface area contributed by atoms with Crippen molar-refractivity contribution in [1.82, 2.24) is 16.0 Å². The van der Waals surface area contributed by atoms with Crippen LogP contribution in [0.15, 0.2) is 12.2 Å². The molecule has 3 amide bonds. The van der Waals surface area contributed by atoms with Crippen molar-refractivity contribution in [3.8, 4) is 0 Å². The fraction of sp³-hybridized carbons (Fsp3) is 0.918. The summed E-state index contributed by atoms with van der Waals surface area (Å²) in [7, 11) is 0. The molecule has 5 fully saturated rings. The lowest BCUT2D eigenvalue weighted by molar-refractivity contribution is -0.403. The highest BCUT2D eigenvalue weighted by molar-refractivity contribution is 5.78. The molecule has 108 heavy (non-hydrogen) atoms. The number of allylic oxidation sites excluding steroid dienone is 1. The smallest absolute Gasteiger partial charge is 0.364 e. The van der Waals surface area contributed by atoms with Gasteiger partial charge in [0.2, 0.25) is 17.7 Å². The van der Waals surface area contributed by atoms with E-state index in [4.69, 9.17) is 47.4 Å². The van der Waals surface area contributed by atoms with Gasteiger partial charge in [-0.2, -0.15) is 0 Å². The highest BCUT2D eigenvalue weighted by atomic mass is 16.8. The number of hydrogen-bond acceptors (Lipinski definition) is 31. The summed E-state index contributed by atoms with van der Waals surface area (Å²) in [5.74, 6) is -8.20. The summed E-state index contributed by atoms with van der Waals surface area (Å²) in [6.45, 7) is -2.04. The summed E-state index contributed by atoms with van der Waals surface area (Å²) < 4.78 is 59.9. The normalized spacial score (nSPS) is 34.4. The van der Waals surface area contributed by atoms with Crippen molar-refractivity contribution in [3.05, 3.63) is 12.2 Å². The lowest BCUT2D eigenvalue weighted by Crippen LogP contribution is -2.72. The first kappa shape index (κ1) is 95.1. The average Bonchev–Trinajstić information content (AvgIpc) is 0.741. The Balaban J connectivity index is 1.41. The summed E-state index contributed by atoms with van der Waals surface area (Å²) in [5, 5.41) is 206. The van der Waals surface area contributed by atoms with E-state index in [1.54, 1.807) is 6.08 Å². The minimum absolute atomic E-state index is 0.127. The van der Waals surface area contributed by atoms with Gasteiger partial charge >= 0.3 is 5.97 Å². The van der Waals surface area contributed by atoms with Gasteiger partial charge in [0, 0.05) is 19.8 Å². The Hall–Kier alpha value is -3.46. The van der Waals surface area contributed by atoms with Crippen LogP contribution in [0.1, 0.15) is 207 Å². The largest absolute Gasteiger partial charge is 0.477 e. The number of carboxylic acids is 1. The number of carbonyl (C=O) groups excluding carboxylic acids is 3. The van der Waals surface area contributed by atoms with E-state index in [2.05, 4.69) is 29.8 Å². The third-order valence-corrected chi connectivity index (χ3v) is 20.7. The number of carboxylic acid groups (broad SMARTS) is 1. The Bertz CT molecular complexity index is 2520. The topological polar surface area (TPSA) is 561 Å². The standard InChI is InChI=1S/C73H131N3O32/c1-4-6-8-10-12-14-16-18-19-21-23-25-27-29-31-33-51(87)75-43(44(84)32-30-28-26-24-22-20-17-15-13-11-9-7-5-2)41-99-69-61(95)59(93)63(49(38-80)102-69)104-71-62(96)67(108-73(72(97)98)34-45(85)53(76-52(88)40-82)66(107-73)55(89)46(86)35-77)64(50(39-81)103-71)105-68-54(74-42(3)83)65(57(91)48(37-79)100-68)106-70-60(94)58(92)56(90)47(36-78)101-70/h30,32,43-50,53-71,77-82,84-86,89-96H,4-29,31,33-41H2,1-3H3,(H,74,83)(H,75,87)(H,76,88)(H,97,98)/b32-30+/t43-,44+,45-,46+,47+,48+,49+,50+,53+,54+,55+,56-,57-,58-,59+,60+,61+,62+,63+,64-,65+,66+,67+,68-,69+,70-,71-,73-/m0/s1. The second-order valence-corrected chi connectivity index (χ2v) is 29.3. The fourth-order valence-corrected chi connectivity index (χ4v) is 14.3. The molecule has 0 aromatic rings. The summed E-state index contributed by atoms with van der Waals surface area (Å²) in [5.41, 5.74) is 0. The fourth-order valence-electron chi connectivity index (χ4n) is 14.3. The zero-order valence-corrected chi connectivity index (χ0v) is 63.0. The molecule has 35 heteroatoms. The molecule has 21 N–H and O–H groups in total. The molecule has 5 aliphatic heterocycles. The molecule has 0 saturated carbocycles. The molecule has 630 valence electrons. The van der Waals surface area contributed by atoms with Gasteiger partial charge < -0.3 is 155 Å². The number of carbonyl (C=O) groups is 4. The van der Waals surface area contributed by atoms with Crippen LogP contribution in [-0.4, -0.2) is 333 Å². The molecular formula is C73H131N3O32. The third-order valence-electron chi connectivity index (χ3n) is 20.7. The minimum Gasteiger partial charge on any atom is -0.477 e. The predicted molar refractivity (Wildman–Crippen MR) is 380 cm³/mol. The van der Waals surface area contributed by atoms with E-state index in [1.165, 1.54) is 109 Å². The summed E-state index contributed by atoms with van der Waals surface area (Å²) >= 11 is 0. The maximum atomic E-state index is 13.8. The molecule has 0 bridgehead atoms. The van der Waals surface area contributed by atoms with Crippen LogP contribution in [0.2, 0.25) is 0 Å². The number of nitrogens with one attached hydrogen (secondary N) is 3. The molecule has 0 unspecified atom stereocenters. The van der Waals surface area contributed by atoms with Crippen molar-refractivity contribution in [2.75, 3.05) is 46.2 Å². The number of aliphatic carboxylic acids is 1. The van der Waals surface area contributed by atoms with Crippen LogP contribution < -0.4 is 16.0 Å². The van der Waals surface area contributed by atoms with Crippen LogP contribution >= 0.6 is 0 Å². The molecule has 0 spiro atoms. The van der Waals surface area contributed by atoms with Crippen LogP contribution in [0.25, 0.3) is 0 Å². The Morgan fingerprint density at radius 3 is 1.47 bits per heavy atom. The molecule has 5 saturated heterocycles. The Morgan fingerprint density at radius 1 is 0.491 bits per heavy atom. The Labute approximate surface area is 632 Å². The van der Waals surface area contributed by atoms with Crippen molar-refractivity contribution >= 4 is 23.7 Å². The lowest BCUT2D eigenvalue weighted by Gasteiger charge is -2.52. The van der Waals surface area contributed by atoms with Crippen LogP contribution in [0, 0.1) is 0 Å². The van der Waals surface area contributed by atoms with Gasteiger partial charge in [-0.15, -0.1) is 0 Å². The van der Waals surface area contributed by atoms with Gasteiger partial charge in [-0.1, -0.05) is 180 Å². The van der Waals surface area contributed by atoms with E-state index in [9.17, 15) is 111 Å². The van der Waals surface area contributed by atoms with E-state index in [1.807, 2.05) is 0 Å². The molecule has 0 aromatic heterocycles. The second kappa shape index (κ2) is 50.7. The monoisotopic (exact) mass is 1560 g/mol. The van der Waals surface area contributed by atoms with E-state index >= 15 is 0 Å². The van der Waals surface area contributed by atoms with E-state index < -0.39 is 248 Å². The molecule has 0 aliphatic carbocycles. The quantitative estimate of drug-likeness (QED) is 0.0230. The SMILES string of the molecule is CCCCCCCCCCCCC/C=C/[C@@H](O)[C@H](CO[C@@H]1O[C@H](CO)[C@@H](O[C@@H]2O[C@H](CO)[C@H](O[C@@H]3O[C@H](CO)[C@H](O)[C@H](O[C@@H]4O[C@H](CO)[C@H](O)[C@H](O)[C@H]4O)[C@H]3NC(C)=O)[C@H](O[C@]3(C(=O)O)C[C@H](O)[C@@H](NC(=O)CO)[C@H]([C@H](O)[C@H](O)CO)O3)[C@H]2O)[C@H](O)[C@H]1O)NC(=O)CCCCCCCCCCCCCCCCC. The number of amides is 3. The van der Waals surface area contributed by atoms with Gasteiger partial charge in [0.05, 0.1) is 63.9 Å². The lowest BCUT2D eigenvalue weighted by atomic mass is 9.88. The number of rotatable bonds is 53. The first-order chi connectivity index (χ1) is 51.8. The number of hydrogen-bond donors (Lipinski definition) is 21. The Morgan fingerprint density at radius 2 is 0.954 bits per heavy atom. The zero-order valence-electron chi connectivity index (χ0n) is 63.0. The number of aliphatic hydroxyl groups is 17. The van der Waals surface area contributed by atoms with Crippen LogP contribution in [0.5, 0.6) is 0 Å². The van der Waals surface area contributed by atoms with Gasteiger partial charge in [0.15, 0.2) is 25.2 Å². The molecular weight excluding hydrogens is 1430 g/mol. The Kier molecular flexibility index (Phi) is 44.7. The van der Waals surface area contributed by atoms with E-state index in [0.29, 0.717) is 12.8 Å². The minimum atomic E-state index is -3.44. The average molecular weight is 1560 g/mol. The van der Waals surface area contributed by atoms with Crippen LogP contribution in [0.4, 0.5) is 0 Å². The predicted octanol–water partition coefficient (Wildman–Crippen LogP) is -2.07. The molecule has 35 nitrogen and oxygen atoms in total. The summed E-state index contributed by atoms with van der Waals surface area (Å²) in [6, 6.07) is -4.99. The van der Waals surface area contributed by atoms with Crippen molar-refractivity contribution in [1.29, 1.82) is 0 Å². The van der Waals surface area contributed by atoms with Crippen LogP contribution in [0.3, 0.4) is 0 Å². The van der Waals surface area contributed by atoms with Gasteiger partial charge in [-0.25, -0.2) is 4.79 Å². The van der Waals surface area contributed by atoms with E-state index in [0.717, 1.165) is 64.7 Å². The highest BCUT2D eigenvalue weighted by Crippen LogP contribution is 2.41. The zero-order chi connectivity index (χ0) is 79.5. The van der Waals surface area contributed by atoms with Crippen LogP contribution in [-0.2, 0) is 66.5 Å². The van der Waals surface area contributed by atoms with Crippen molar-refractivity contribution < 1.29 is 158 Å². The molecule has 0 radical (unpaired) electrons. The van der Waals surface area contributed by atoms with Gasteiger partial charge in [0.1, 0.15) is 123 Å². The molecule has 5 rings (SSSR count). The van der Waals surface area contributed by atoms with E-state index in [-0.39, 0.29) is 6.42 Å². The number of aliphatic hydroxyl groups excluding tert-OH is 17. The second-order valence-electron chi connectivity index (χ2n) is 29.3. The first-order valence-electron chi connectivity index (χ1n) is 39.3. The third kappa shape index (κ3) is 29.1. The molecule has 0 aromatic carbocycles. The van der Waals surface area contributed by atoms with Crippen molar-refractivity contribution in [2.45, 2.75) is 378 Å². The highest BCUT2D eigenvalue weighted by Gasteiger charge is 2.62. The molecule has 5 aliphatic rings. The number of ether oxygens (including phenoxy) is 10. The van der Waals surface area contributed by atoms with Gasteiger partial charge in [-0.05, 0) is 19.3 Å².